The number of rotatable bonds is 6. The molecule has 2 aromatic rings. The van der Waals surface area contributed by atoms with Gasteiger partial charge in [-0.25, -0.2) is 8.78 Å². The van der Waals surface area contributed by atoms with Crippen molar-refractivity contribution in [1.29, 1.82) is 0 Å². The zero-order valence-electron chi connectivity index (χ0n) is 12.6. The van der Waals surface area contributed by atoms with E-state index in [0.717, 1.165) is 0 Å². The molecule has 126 valence electrons. The number of nitrogens with one attached hydrogen (secondary N) is 2. The highest BCUT2D eigenvalue weighted by atomic mass is 127. The highest BCUT2D eigenvalue weighted by Gasteiger charge is 2.08. The number of benzene rings is 2. The molecule has 0 aliphatic carbocycles. The Kier molecular flexibility index (Phi) is 6.65. The molecule has 0 aliphatic heterocycles. The van der Waals surface area contributed by atoms with Crippen molar-refractivity contribution in [3.8, 4) is 0 Å². The van der Waals surface area contributed by atoms with E-state index in [4.69, 9.17) is 0 Å². The maximum Gasteiger partial charge on any atom is 0.251 e. The van der Waals surface area contributed by atoms with Gasteiger partial charge in [0.2, 0.25) is 5.91 Å². The lowest BCUT2D eigenvalue weighted by molar-refractivity contribution is -0.120. The normalized spacial score (nSPS) is 10.3. The lowest BCUT2D eigenvalue weighted by atomic mass is 10.1. The van der Waals surface area contributed by atoms with E-state index < -0.39 is 17.5 Å². The van der Waals surface area contributed by atoms with Crippen molar-refractivity contribution < 1.29 is 18.4 Å². The molecule has 2 N–H and O–H groups in total. The second kappa shape index (κ2) is 8.72. The fraction of sp³-hybridized carbons (Fsp3) is 0.176. The third kappa shape index (κ3) is 5.55. The number of hydrogen-bond acceptors (Lipinski definition) is 2. The lowest BCUT2D eigenvalue weighted by Gasteiger charge is -2.08. The molecule has 2 amide bonds. The van der Waals surface area contributed by atoms with Gasteiger partial charge < -0.3 is 10.6 Å². The molecule has 0 unspecified atom stereocenters. The summed E-state index contributed by atoms with van der Waals surface area (Å²) < 4.78 is 26.9. The molecule has 0 radical (unpaired) electrons. The van der Waals surface area contributed by atoms with Crippen LogP contribution >= 0.6 is 22.6 Å². The zero-order chi connectivity index (χ0) is 17.5. The first kappa shape index (κ1) is 18.3. The van der Waals surface area contributed by atoms with E-state index in [9.17, 15) is 18.4 Å². The van der Waals surface area contributed by atoms with E-state index in [1.54, 1.807) is 12.1 Å². The molecule has 0 bridgehead atoms. The van der Waals surface area contributed by atoms with Crippen molar-refractivity contribution in [3.05, 3.63) is 68.8 Å². The largest absolute Gasteiger partial charge is 0.354 e. The number of halogens is 3. The molecular formula is C17H15F2IN2O2. The van der Waals surface area contributed by atoms with E-state index in [1.807, 2.05) is 22.6 Å². The van der Waals surface area contributed by atoms with Crippen LogP contribution in [0.4, 0.5) is 8.78 Å². The Morgan fingerprint density at radius 1 is 1.00 bits per heavy atom. The van der Waals surface area contributed by atoms with Gasteiger partial charge in [0, 0.05) is 22.2 Å². The SMILES string of the molecule is O=C(Cc1cccc(F)c1)NCCNC(=O)c1ccc(I)c(F)c1. The monoisotopic (exact) mass is 444 g/mol. The topological polar surface area (TPSA) is 58.2 Å². The molecule has 0 aliphatic rings. The Hall–Kier alpha value is -2.03. The molecule has 4 nitrogen and oxygen atoms in total. The summed E-state index contributed by atoms with van der Waals surface area (Å²) in [4.78, 5) is 23.6. The zero-order valence-corrected chi connectivity index (χ0v) is 14.8. The van der Waals surface area contributed by atoms with Crippen molar-refractivity contribution >= 4 is 34.4 Å². The predicted molar refractivity (Wildman–Crippen MR) is 94.6 cm³/mol. The smallest absolute Gasteiger partial charge is 0.251 e. The van der Waals surface area contributed by atoms with Crippen molar-refractivity contribution in [1.82, 2.24) is 10.6 Å². The standard InChI is InChI=1S/C17H15F2IN2O2/c18-13-3-1-2-11(8-13)9-16(23)21-6-7-22-17(24)12-4-5-15(20)14(19)10-12/h1-5,8,10H,6-7,9H2,(H,21,23)(H,22,24). The molecule has 7 heteroatoms. The van der Waals surface area contributed by atoms with E-state index in [1.165, 1.54) is 30.3 Å². The van der Waals surface area contributed by atoms with Crippen LogP contribution in [0.1, 0.15) is 15.9 Å². The Balaban J connectivity index is 1.73. The third-order valence-electron chi connectivity index (χ3n) is 3.17. The van der Waals surface area contributed by atoms with Crippen LogP contribution in [-0.4, -0.2) is 24.9 Å². The molecule has 2 aromatic carbocycles. The quantitative estimate of drug-likeness (QED) is 0.532. The second-order valence-electron chi connectivity index (χ2n) is 5.04. The van der Waals surface area contributed by atoms with Gasteiger partial charge in [0.25, 0.3) is 5.91 Å². The van der Waals surface area contributed by atoms with Crippen LogP contribution in [0.3, 0.4) is 0 Å². The van der Waals surface area contributed by atoms with Gasteiger partial charge >= 0.3 is 0 Å². The van der Waals surface area contributed by atoms with Crippen molar-refractivity contribution in [2.75, 3.05) is 13.1 Å². The predicted octanol–water partition coefficient (Wildman–Crippen LogP) is 2.66. The van der Waals surface area contributed by atoms with Gasteiger partial charge in [-0.1, -0.05) is 12.1 Å². The Bertz CT molecular complexity index is 753. The minimum atomic E-state index is -0.452. The van der Waals surface area contributed by atoms with Crippen LogP contribution < -0.4 is 10.6 Å². The molecular weight excluding hydrogens is 429 g/mol. The Morgan fingerprint density at radius 3 is 2.46 bits per heavy atom. The van der Waals surface area contributed by atoms with E-state index in [-0.39, 0.29) is 31.0 Å². The summed E-state index contributed by atoms with van der Waals surface area (Å²) in [7, 11) is 0. The van der Waals surface area contributed by atoms with Gasteiger partial charge in [0.1, 0.15) is 11.6 Å². The fourth-order valence-electron chi connectivity index (χ4n) is 2.01. The fourth-order valence-corrected chi connectivity index (χ4v) is 2.35. The molecule has 0 aromatic heterocycles. The first-order valence-electron chi connectivity index (χ1n) is 7.20. The van der Waals surface area contributed by atoms with Crippen LogP contribution in [0.25, 0.3) is 0 Å². The van der Waals surface area contributed by atoms with Crippen LogP contribution in [-0.2, 0) is 11.2 Å². The number of amides is 2. The highest BCUT2D eigenvalue weighted by Crippen LogP contribution is 2.12. The maximum absolute atomic E-state index is 13.4. The number of carbonyl (C=O) groups excluding carboxylic acids is 2. The first-order chi connectivity index (χ1) is 11.5. The average Bonchev–Trinajstić information content (AvgIpc) is 2.54. The summed E-state index contributed by atoms with van der Waals surface area (Å²) in [6.45, 7) is 0.439. The molecule has 0 atom stereocenters. The van der Waals surface area contributed by atoms with Gasteiger partial charge in [-0.3, -0.25) is 9.59 Å². The van der Waals surface area contributed by atoms with Gasteiger partial charge in [0.05, 0.1) is 6.42 Å². The summed E-state index contributed by atoms with van der Waals surface area (Å²) in [5.74, 6) is -1.52. The molecule has 0 fully saturated rings. The van der Waals surface area contributed by atoms with Gasteiger partial charge in [0.15, 0.2) is 0 Å². The minimum Gasteiger partial charge on any atom is -0.354 e. The van der Waals surface area contributed by atoms with Crippen molar-refractivity contribution in [2.45, 2.75) is 6.42 Å². The summed E-state index contributed by atoms with van der Waals surface area (Å²) in [6.07, 6.45) is 0.0635. The van der Waals surface area contributed by atoms with Crippen molar-refractivity contribution in [2.24, 2.45) is 0 Å². The van der Waals surface area contributed by atoms with Crippen molar-refractivity contribution in [3.63, 3.8) is 0 Å². The van der Waals surface area contributed by atoms with Gasteiger partial charge in [-0.15, -0.1) is 0 Å². The highest BCUT2D eigenvalue weighted by molar-refractivity contribution is 14.1. The molecule has 0 saturated heterocycles. The minimum absolute atomic E-state index is 0.0635. The molecule has 0 spiro atoms. The van der Waals surface area contributed by atoms with Crippen LogP contribution in [0, 0.1) is 15.2 Å². The summed E-state index contributed by atoms with van der Waals surface area (Å²) in [5.41, 5.74) is 0.796. The number of hydrogen-bond donors (Lipinski definition) is 2. The molecule has 0 heterocycles. The number of carbonyl (C=O) groups is 2. The molecule has 0 saturated carbocycles. The van der Waals surface area contributed by atoms with E-state index >= 15 is 0 Å². The first-order valence-corrected chi connectivity index (χ1v) is 8.28. The summed E-state index contributed by atoms with van der Waals surface area (Å²) in [6, 6.07) is 10.0. The Labute approximate surface area is 151 Å². The summed E-state index contributed by atoms with van der Waals surface area (Å²) in [5, 5.41) is 5.22. The average molecular weight is 444 g/mol. The molecule has 24 heavy (non-hydrogen) atoms. The van der Waals surface area contributed by atoms with Crippen LogP contribution in [0.5, 0.6) is 0 Å². The third-order valence-corrected chi connectivity index (χ3v) is 4.04. The summed E-state index contributed by atoms with van der Waals surface area (Å²) >= 11 is 1.84. The second-order valence-corrected chi connectivity index (χ2v) is 6.20. The van der Waals surface area contributed by atoms with E-state index in [2.05, 4.69) is 10.6 Å². The molecule has 2 rings (SSSR count). The van der Waals surface area contributed by atoms with Gasteiger partial charge in [-0.2, -0.15) is 0 Å². The maximum atomic E-state index is 13.4. The lowest BCUT2D eigenvalue weighted by Crippen LogP contribution is -2.35. The van der Waals surface area contributed by atoms with Crippen LogP contribution in [0.15, 0.2) is 42.5 Å². The Morgan fingerprint density at radius 2 is 1.75 bits per heavy atom. The van der Waals surface area contributed by atoms with Crippen LogP contribution in [0.2, 0.25) is 0 Å². The van der Waals surface area contributed by atoms with Gasteiger partial charge in [-0.05, 0) is 58.5 Å². The van der Waals surface area contributed by atoms with E-state index in [0.29, 0.717) is 9.13 Å².